The van der Waals surface area contributed by atoms with Crippen LogP contribution in [0.15, 0.2) is 24.3 Å². The van der Waals surface area contributed by atoms with E-state index in [1.165, 1.54) is 11.3 Å². The molecule has 0 spiro atoms. The second-order valence-corrected chi connectivity index (χ2v) is 5.24. The maximum Gasteiger partial charge on any atom is 0.263 e. The predicted molar refractivity (Wildman–Crippen MR) is 75.3 cm³/mol. The van der Waals surface area contributed by atoms with Gasteiger partial charge in [-0.25, -0.2) is 4.98 Å². The lowest BCUT2D eigenvalue weighted by Gasteiger charge is -1.98. The summed E-state index contributed by atoms with van der Waals surface area (Å²) >= 11 is 7.34. The third kappa shape index (κ3) is 2.71. The molecule has 0 aliphatic carbocycles. The molecule has 1 heterocycles. The number of benzene rings is 1. The van der Waals surface area contributed by atoms with Crippen molar-refractivity contribution in [1.29, 1.82) is 0 Å². The molecule has 0 radical (unpaired) electrons. The van der Waals surface area contributed by atoms with E-state index in [1.807, 2.05) is 38.1 Å². The van der Waals surface area contributed by atoms with Crippen LogP contribution in [-0.4, -0.2) is 17.4 Å². The molecule has 0 aliphatic rings. The number of carbonyl (C=O) groups is 1. The van der Waals surface area contributed by atoms with Crippen LogP contribution in [-0.2, 0) is 0 Å². The Balaban J connectivity index is 2.37. The van der Waals surface area contributed by atoms with Gasteiger partial charge in [-0.2, -0.15) is 0 Å². The minimum atomic E-state index is -0.0687. The summed E-state index contributed by atoms with van der Waals surface area (Å²) in [6.45, 7) is 4.35. The molecule has 0 atom stereocenters. The third-order valence-electron chi connectivity index (χ3n) is 2.41. The maximum atomic E-state index is 11.8. The molecule has 1 aromatic heterocycles. The lowest BCUT2D eigenvalue weighted by Crippen LogP contribution is -2.22. The number of hydrogen-bond donors (Lipinski definition) is 1. The number of nitrogens with zero attached hydrogens (tertiary/aromatic N) is 1. The van der Waals surface area contributed by atoms with Gasteiger partial charge in [0.2, 0.25) is 0 Å². The molecule has 0 bridgehead atoms. The number of nitrogens with one attached hydrogen (secondary N) is 1. The molecule has 1 N–H and O–H groups in total. The molecule has 2 aromatic rings. The molecule has 94 valence electrons. The number of carbonyl (C=O) groups excluding carboxylic acids is 1. The van der Waals surface area contributed by atoms with Gasteiger partial charge in [0.05, 0.1) is 5.69 Å². The molecule has 3 nitrogen and oxygen atoms in total. The largest absolute Gasteiger partial charge is 0.352 e. The average molecular weight is 281 g/mol. The minimum Gasteiger partial charge on any atom is -0.352 e. The van der Waals surface area contributed by atoms with Crippen molar-refractivity contribution in [3.63, 3.8) is 0 Å². The van der Waals surface area contributed by atoms with Gasteiger partial charge in [-0.15, -0.1) is 11.3 Å². The number of aromatic nitrogens is 1. The Kier molecular flexibility index (Phi) is 3.99. The third-order valence-corrected chi connectivity index (χ3v) is 3.85. The minimum absolute atomic E-state index is 0.0687. The van der Waals surface area contributed by atoms with Crippen LogP contribution in [0, 0.1) is 6.92 Å². The first-order valence-electron chi connectivity index (χ1n) is 5.63. The second-order valence-electron chi connectivity index (χ2n) is 3.80. The van der Waals surface area contributed by atoms with E-state index in [9.17, 15) is 4.79 Å². The van der Waals surface area contributed by atoms with Crippen molar-refractivity contribution < 1.29 is 4.79 Å². The van der Waals surface area contributed by atoms with Crippen LogP contribution >= 0.6 is 22.9 Å². The van der Waals surface area contributed by atoms with Crippen LogP contribution in [0.1, 0.15) is 22.3 Å². The molecular weight excluding hydrogens is 268 g/mol. The van der Waals surface area contributed by atoms with E-state index in [2.05, 4.69) is 10.3 Å². The summed E-state index contributed by atoms with van der Waals surface area (Å²) < 4.78 is 0. The van der Waals surface area contributed by atoms with Gasteiger partial charge in [0.15, 0.2) is 0 Å². The molecule has 0 aliphatic heterocycles. The van der Waals surface area contributed by atoms with Crippen molar-refractivity contribution in [3.05, 3.63) is 39.9 Å². The Morgan fingerprint density at radius 1 is 1.50 bits per heavy atom. The van der Waals surface area contributed by atoms with Gasteiger partial charge in [0.25, 0.3) is 5.91 Å². The van der Waals surface area contributed by atoms with E-state index in [0.717, 1.165) is 16.3 Å². The van der Waals surface area contributed by atoms with Crippen molar-refractivity contribution in [2.45, 2.75) is 13.8 Å². The van der Waals surface area contributed by atoms with Crippen LogP contribution in [0.5, 0.6) is 0 Å². The summed E-state index contributed by atoms with van der Waals surface area (Å²) in [7, 11) is 0. The zero-order chi connectivity index (χ0) is 13.1. The summed E-state index contributed by atoms with van der Waals surface area (Å²) in [6, 6.07) is 7.48. The fourth-order valence-corrected chi connectivity index (χ4v) is 2.76. The van der Waals surface area contributed by atoms with E-state index in [4.69, 9.17) is 11.6 Å². The van der Waals surface area contributed by atoms with E-state index in [-0.39, 0.29) is 5.91 Å². The molecule has 1 aromatic carbocycles. The Labute approximate surface area is 115 Å². The number of thiazole rings is 1. The van der Waals surface area contributed by atoms with Crippen molar-refractivity contribution in [2.24, 2.45) is 0 Å². The van der Waals surface area contributed by atoms with Crippen LogP contribution in [0.3, 0.4) is 0 Å². The highest BCUT2D eigenvalue weighted by atomic mass is 35.5. The van der Waals surface area contributed by atoms with E-state index >= 15 is 0 Å². The van der Waals surface area contributed by atoms with E-state index in [0.29, 0.717) is 16.4 Å². The lowest BCUT2D eigenvalue weighted by atomic mass is 10.2. The molecule has 2 rings (SSSR count). The predicted octanol–water partition coefficient (Wildman–Crippen LogP) is 3.52. The van der Waals surface area contributed by atoms with Gasteiger partial charge in [0, 0.05) is 17.1 Å². The number of aryl methyl sites for hydroxylation is 1. The Hall–Kier alpha value is -1.39. The highest BCUT2D eigenvalue weighted by Crippen LogP contribution is 2.29. The number of hydrogen-bond acceptors (Lipinski definition) is 3. The number of amides is 1. The molecule has 1 amide bonds. The lowest BCUT2D eigenvalue weighted by molar-refractivity contribution is 0.0959. The molecule has 0 saturated heterocycles. The molecule has 5 heteroatoms. The molecule has 0 unspecified atom stereocenters. The summed E-state index contributed by atoms with van der Waals surface area (Å²) in [5.74, 6) is -0.0687. The van der Waals surface area contributed by atoms with Gasteiger partial charge < -0.3 is 5.32 Å². The molecule has 0 saturated carbocycles. The average Bonchev–Trinajstić information content (AvgIpc) is 2.72. The van der Waals surface area contributed by atoms with Gasteiger partial charge in [-0.05, 0) is 26.0 Å². The number of halogens is 1. The fourth-order valence-electron chi connectivity index (χ4n) is 1.59. The van der Waals surface area contributed by atoms with Gasteiger partial charge >= 0.3 is 0 Å². The maximum absolute atomic E-state index is 11.8. The quantitative estimate of drug-likeness (QED) is 0.935. The number of rotatable bonds is 3. The topological polar surface area (TPSA) is 42.0 Å². The van der Waals surface area contributed by atoms with Crippen LogP contribution < -0.4 is 5.32 Å². The Morgan fingerprint density at radius 2 is 2.28 bits per heavy atom. The molecular formula is C13H13ClN2OS. The van der Waals surface area contributed by atoms with Gasteiger partial charge in [0.1, 0.15) is 9.88 Å². The van der Waals surface area contributed by atoms with Crippen molar-refractivity contribution in [2.75, 3.05) is 6.54 Å². The van der Waals surface area contributed by atoms with Gasteiger partial charge in [-0.1, -0.05) is 23.7 Å². The smallest absolute Gasteiger partial charge is 0.263 e. The summed E-state index contributed by atoms with van der Waals surface area (Å²) in [4.78, 5) is 16.9. The SMILES string of the molecule is CCNC(=O)c1sc(-c2cccc(Cl)c2)nc1C. The summed E-state index contributed by atoms with van der Waals surface area (Å²) in [6.07, 6.45) is 0. The normalized spacial score (nSPS) is 10.4. The fraction of sp³-hybridized carbons (Fsp3) is 0.231. The van der Waals surface area contributed by atoms with Crippen LogP contribution in [0.25, 0.3) is 10.6 Å². The highest BCUT2D eigenvalue weighted by molar-refractivity contribution is 7.17. The molecule has 0 fully saturated rings. The first-order valence-corrected chi connectivity index (χ1v) is 6.83. The standard InChI is InChI=1S/C13H13ClN2OS/c1-3-15-12(17)11-8(2)16-13(18-11)9-5-4-6-10(14)7-9/h4-7H,3H2,1-2H3,(H,15,17). The van der Waals surface area contributed by atoms with Gasteiger partial charge in [-0.3, -0.25) is 4.79 Å². The monoisotopic (exact) mass is 280 g/mol. The highest BCUT2D eigenvalue weighted by Gasteiger charge is 2.15. The van der Waals surface area contributed by atoms with Crippen molar-refractivity contribution in [1.82, 2.24) is 10.3 Å². The second kappa shape index (κ2) is 5.50. The van der Waals surface area contributed by atoms with Crippen molar-refractivity contribution >= 4 is 28.8 Å². The summed E-state index contributed by atoms with van der Waals surface area (Å²) in [5.41, 5.74) is 1.69. The van der Waals surface area contributed by atoms with E-state index in [1.54, 1.807) is 0 Å². The Morgan fingerprint density at radius 3 is 2.94 bits per heavy atom. The molecule has 18 heavy (non-hydrogen) atoms. The zero-order valence-corrected chi connectivity index (χ0v) is 11.7. The first kappa shape index (κ1) is 13.1. The summed E-state index contributed by atoms with van der Waals surface area (Å²) in [5, 5.41) is 4.27. The zero-order valence-electron chi connectivity index (χ0n) is 10.2. The van der Waals surface area contributed by atoms with Crippen molar-refractivity contribution in [3.8, 4) is 10.6 Å². The van der Waals surface area contributed by atoms with E-state index < -0.39 is 0 Å². The Bertz CT molecular complexity index is 580. The first-order chi connectivity index (χ1) is 8.61. The van der Waals surface area contributed by atoms with Crippen LogP contribution in [0.4, 0.5) is 0 Å². The van der Waals surface area contributed by atoms with Crippen LogP contribution in [0.2, 0.25) is 5.02 Å².